The van der Waals surface area contributed by atoms with Gasteiger partial charge in [0, 0.05) is 26.8 Å². The second-order valence-corrected chi connectivity index (χ2v) is 8.29. The summed E-state index contributed by atoms with van der Waals surface area (Å²) in [7, 11) is 0. The van der Waals surface area contributed by atoms with Crippen LogP contribution < -0.4 is 11.4 Å². The standard InChI is InChI=1S/C19H22F3N5O6/c1-9(28)31-7-11-5-13(32-10(2)29)15(33-11)27-14-12(6-24-16(23)25-14)26(17(27)30)8-18(3-4-18)19(20,21)22/h6,11,13,15H,3-5,7-8H2,1-2H3,(H2,23,24,25)/t11-,13+,15+/m0/s1. The Morgan fingerprint density at radius 3 is 2.58 bits per heavy atom. The summed E-state index contributed by atoms with van der Waals surface area (Å²) in [6.45, 7) is 1.60. The van der Waals surface area contributed by atoms with E-state index in [0.29, 0.717) is 0 Å². The average Bonchev–Trinajstić information content (AvgIpc) is 3.34. The molecule has 2 aromatic rings. The molecule has 0 radical (unpaired) electrons. The Labute approximate surface area is 184 Å². The number of hydrogen-bond donors (Lipinski definition) is 1. The van der Waals surface area contributed by atoms with Crippen LogP contribution in [0.4, 0.5) is 19.1 Å². The number of halogens is 3. The number of aromatic nitrogens is 4. The normalized spacial score (nSPS) is 24.1. The predicted octanol–water partition coefficient (Wildman–Crippen LogP) is 1.30. The van der Waals surface area contributed by atoms with Gasteiger partial charge in [-0.3, -0.25) is 14.2 Å². The van der Waals surface area contributed by atoms with Crippen molar-refractivity contribution in [1.29, 1.82) is 0 Å². The van der Waals surface area contributed by atoms with Crippen molar-refractivity contribution in [2.45, 2.75) is 64.3 Å². The molecule has 33 heavy (non-hydrogen) atoms. The van der Waals surface area contributed by atoms with Crippen LogP contribution in [-0.4, -0.2) is 56.0 Å². The summed E-state index contributed by atoms with van der Waals surface area (Å²) in [5.74, 6) is -1.41. The molecule has 0 aromatic carbocycles. The number of alkyl halides is 3. The van der Waals surface area contributed by atoms with Crippen LogP contribution in [0.5, 0.6) is 0 Å². The number of nitrogens with zero attached hydrogens (tertiary/aromatic N) is 4. The molecule has 1 saturated heterocycles. The molecule has 1 aliphatic carbocycles. The molecule has 3 heterocycles. The molecule has 1 aliphatic heterocycles. The van der Waals surface area contributed by atoms with Gasteiger partial charge in [-0.2, -0.15) is 18.2 Å². The van der Waals surface area contributed by atoms with E-state index in [2.05, 4.69) is 9.97 Å². The minimum Gasteiger partial charge on any atom is -0.463 e. The van der Waals surface area contributed by atoms with Crippen molar-refractivity contribution >= 4 is 29.1 Å². The SMILES string of the molecule is CC(=O)OC[C@@H]1C[C@@H](OC(C)=O)[C@H](n2c(=O)n(CC3(C(F)(F)F)CC3)c3cnc(N)nc32)O1. The van der Waals surface area contributed by atoms with E-state index in [1.807, 2.05) is 0 Å². The van der Waals surface area contributed by atoms with E-state index in [1.165, 1.54) is 20.0 Å². The fourth-order valence-electron chi connectivity index (χ4n) is 4.02. The third kappa shape index (κ3) is 4.26. The molecule has 14 heteroatoms. The fourth-order valence-corrected chi connectivity index (χ4v) is 4.02. The molecule has 2 aliphatic rings. The van der Waals surface area contributed by atoms with Gasteiger partial charge in [0.15, 0.2) is 11.9 Å². The van der Waals surface area contributed by atoms with Crippen LogP contribution in [-0.2, 0) is 30.3 Å². The van der Waals surface area contributed by atoms with E-state index >= 15 is 0 Å². The van der Waals surface area contributed by atoms with Crippen molar-refractivity contribution in [2.75, 3.05) is 12.3 Å². The number of fused-ring (bicyclic) bond motifs is 1. The van der Waals surface area contributed by atoms with Gasteiger partial charge in [0.1, 0.15) is 18.2 Å². The van der Waals surface area contributed by atoms with Crippen molar-refractivity contribution in [1.82, 2.24) is 19.1 Å². The summed E-state index contributed by atoms with van der Waals surface area (Å²) in [6.07, 6.45) is -6.36. The number of imidazole rings is 1. The van der Waals surface area contributed by atoms with Crippen LogP contribution in [0.3, 0.4) is 0 Å². The molecule has 2 N–H and O–H groups in total. The maximum absolute atomic E-state index is 13.6. The number of ether oxygens (including phenoxy) is 3. The first-order valence-corrected chi connectivity index (χ1v) is 10.2. The first kappa shape index (κ1) is 23.0. The highest BCUT2D eigenvalue weighted by Crippen LogP contribution is 2.58. The monoisotopic (exact) mass is 473 g/mol. The zero-order valence-electron chi connectivity index (χ0n) is 17.8. The predicted molar refractivity (Wildman–Crippen MR) is 105 cm³/mol. The molecule has 11 nitrogen and oxygen atoms in total. The zero-order valence-corrected chi connectivity index (χ0v) is 17.8. The Hall–Kier alpha value is -3.16. The van der Waals surface area contributed by atoms with Crippen molar-refractivity contribution in [3.63, 3.8) is 0 Å². The quantitative estimate of drug-likeness (QED) is 0.615. The number of carbonyl (C=O) groups excluding carboxylic acids is 2. The minimum absolute atomic E-state index is 0.0401. The molecule has 1 saturated carbocycles. The van der Waals surface area contributed by atoms with Crippen LogP contribution in [0.2, 0.25) is 0 Å². The molecule has 0 unspecified atom stereocenters. The van der Waals surface area contributed by atoms with Gasteiger partial charge in [-0.25, -0.2) is 14.3 Å². The van der Waals surface area contributed by atoms with Crippen LogP contribution in [0.25, 0.3) is 11.2 Å². The smallest absolute Gasteiger partial charge is 0.396 e. The number of nitrogens with two attached hydrogens (primary N) is 1. The molecule has 4 rings (SSSR count). The second-order valence-electron chi connectivity index (χ2n) is 8.29. The lowest BCUT2D eigenvalue weighted by Crippen LogP contribution is -2.37. The number of rotatable bonds is 6. The molecule has 0 bridgehead atoms. The summed E-state index contributed by atoms with van der Waals surface area (Å²) < 4.78 is 58.8. The van der Waals surface area contributed by atoms with Crippen molar-refractivity contribution < 1.29 is 37.0 Å². The third-order valence-corrected chi connectivity index (χ3v) is 5.83. The Bertz CT molecular complexity index is 1160. The number of anilines is 1. The Morgan fingerprint density at radius 1 is 1.30 bits per heavy atom. The van der Waals surface area contributed by atoms with Gasteiger partial charge < -0.3 is 19.9 Å². The van der Waals surface area contributed by atoms with Crippen molar-refractivity contribution in [2.24, 2.45) is 5.41 Å². The molecule has 0 spiro atoms. The van der Waals surface area contributed by atoms with Crippen LogP contribution >= 0.6 is 0 Å². The van der Waals surface area contributed by atoms with E-state index < -0.39 is 54.2 Å². The summed E-state index contributed by atoms with van der Waals surface area (Å²) in [4.78, 5) is 44.0. The fraction of sp³-hybridized carbons (Fsp3) is 0.632. The first-order chi connectivity index (χ1) is 15.4. The van der Waals surface area contributed by atoms with Gasteiger partial charge >= 0.3 is 23.8 Å². The maximum atomic E-state index is 13.6. The lowest BCUT2D eigenvalue weighted by atomic mass is 10.1. The number of hydrogen-bond acceptors (Lipinski definition) is 9. The summed E-state index contributed by atoms with van der Waals surface area (Å²) >= 11 is 0. The van der Waals surface area contributed by atoms with Crippen LogP contribution in [0.1, 0.15) is 39.3 Å². The summed E-state index contributed by atoms with van der Waals surface area (Å²) in [5.41, 5.74) is 2.81. The van der Waals surface area contributed by atoms with E-state index in [-0.39, 0.29) is 43.0 Å². The van der Waals surface area contributed by atoms with Crippen molar-refractivity contribution in [3.05, 3.63) is 16.7 Å². The summed E-state index contributed by atoms with van der Waals surface area (Å²) in [5, 5.41) is 0. The lowest BCUT2D eigenvalue weighted by Gasteiger charge is -2.20. The highest BCUT2D eigenvalue weighted by Gasteiger charge is 2.63. The highest BCUT2D eigenvalue weighted by atomic mass is 19.4. The van der Waals surface area contributed by atoms with Gasteiger partial charge in [-0.05, 0) is 12.8 Å². The van der Waals surface area contributed by atoms with E-state index in [4.69, 9.17) is 19.9 Å². The highest BCUT2D eigenvalue weighted by molar-refractivity contribution is 5.72. The number of esters is 2. The van der Waals surface area contributed by atoms with Gasteiger partial charge in [-0.15, -0.1) is 0 Å². The average molecular weight is 473 g/mol. The first-order valence-electron chi connectivity index (χ1n) is 10.2. The topological polar surface area (TPSA) is 141 Å². The third-order valence-electron chi connectivity index (χ3n) is 5.83. The Kier molecular flexibility index (Phi) is 5.58. The molecule has 180 valence electrons. The van der Waals surface area contributed by atoms with Crippen LogP contribution in [0.15, 0.2) is 11.0 Å². The molecule has 0 amide bonds. The largest absolute Gasteiger partial charge is 0.463 e. The van der Waals surface area contributed by atoms with E-state index in [9.17, 15) is 27.6 Å². The van der Waals surface area contributed by atoms with E-state index in [0.717, 1.165) is 9.13 Å². The maximum Gasteiger partial charge on any atom is 0.396 e. The zero-order chi connectivity index (χ0) is 24.1. The van der Waals surface area contributed by atoms with Crippen molar-refractivity contribution in [3.8, 4) is 0 Å². The lowest BCUT2D eigenvalue weighted by molar-refractivity contribution is -0.191. The van der Waals surface area contributed by atoms with Gasteiger partial charge in [0.25, 0.3) is 0 Å². The van der Waals surface area contributed by atoms with Gasteiger partial charge in [0.05, 0.1) is 17.7 Å². The molecular formula is C19H22F3N5O6. The number of nitrogen functional groups attached to an aromatic ring is 1. The van der Waals surface area contributed by atoms with Gasteiger partial charge in [0.2, 0.25) is 5.95 Å². The second kappa shape index (κ2) is 8.01. The summed E-state index contributed by atoms with van der Waals surface area (Å²) in [6, 6.07) is 0. The molecule has 2 fully saturated rings. The molecular weight excluding hydrogens is 451 g/mol. The Morgan fingerprint density at radius 2 is 2.00 bits per heavy atom. The van der Waals surface area contributed by atoms with Crippen LogP contribution in [0, 0.1) is 5.41 Å². The molecule has 3 atom stereocenters. The van der Waals surface area contributed by atoms with E-state index in [1.54, 1.807) is 0 Å². The molecule has 2 aromatic heterocycles. The van der Waals surface area contributed by atoms with Gasteiger partial charge in [-0.1, -0.05) is 0 Å². The number of carbonyl (C=O) groups is 2. The Balaban J connectivity index is 1.78. The minimum atomic E-state index is -4.49.